The van der Waals surface area contributed by atoms with Gasteiger partial charge in [-0.3, -0.25) is 0 Å². The van der Waals surface area contributed by atoms with Gasteiger partial charge in [-0.2, -0.15) is 10.2 Å². The lowest BCUT2D eigenvalue weighted by Gasteiger charge is -2.33. The van der Waals surface area contributed by atoms with Crippen molar-refractivity contribution in [2.24, 2.45) is 0 Å². The third kappa shape index (κ3) is 9.40. The molecule has 1 atom stereocenters. The Hall–Kier alpha value is -5.43. The molecule has 2 N–H and O–H groups in total. The van der Waals surface area contributed by atoms with E-state index < -0.39 is 11.7 Å². The molecule has 0 saturated carbocycles. The van der Waals surface area contributed by atoms with Crippen LogP contribution in [0.2, 0.25) is 0 Å². The fraction of sp³-hybridized carbons (Fsp3) is 0.340. The van der Waals surface area contributed by atoms with Gasteiger partial charge in [0.2, 0.25) is 0 Å². The number of carbonyl (C=O) groups excluding carboxylic acids is 1. The Labute approximate surface area is 353 Å². The van der Waals surface area contributed by atoms with E-state index in [-0.39, 0.29) is 6.09 Å². The first-order valence-electron chi connectivity index (χ1n) is 20.5. The Morgan fingerprint density at radius 2 is 1.31 bits per heavy atom. The Bertz CT molecular complexity index is 2530. The second-order valence-corrected chi connectivity index (χ2v) is 17.4. The molecule has 9 rings (SSSR count). The third-order valence-corrected chi connectivity index (χ3v) is 11.8. The Morgan fingerprint density at radius 1 is 0.746 bits per heavy atom. The quantitative estimate of drug-likeness (QED) is 0.170. The highest BCUT2D eigenvalue weighted by atomic mass is 79.9. The molecular formula is C47H51BrN8O3. The van der Waals surface area contributed by atoms with Gasteiger partial charge in [-0.15, -0.1) is 0 Å². The van der Waals surface area contributed by atoms with Gasteiger partial charge in [-0.1, -0.05) is 66.7 Å². The van der Waals surface area contributed by atoms with Crippen LogP contribution in [0.4, 0.5) is 4.79 Å². The highest BCUT2D eigenvalue weighted by Crippen LogP contribution is 2.32. The van der Waals surface area contributed by atoms with E-state index in [0.29, 0.717) is 11.8 Å². The number of nitrogens with one attached hydrogen (secondary N) is 1. The van der Waals surface area contributed by atoms with Gasteiger partial charge in [0.15, 0.2) is 11.3 Å². The summed E-state index contributed by atoms with van der Waals surface area (Å²) >= 11 is 3.45. The molecule has 1 amide bonds. The third-order valence-electron chi connectivity index (χ3n) is 11.3. The number of ether oxygens (including phenoxy) is 1. The number of amides is 1. The molecule has 6 heterocycles. The molecule has 2 aliphatic heterocycles. The van der Waals surface area contributed by atoms with E-state index in [2.05, 4.69) is 85.0 Å². The minimum atomic E-state index is -0.501. The monoisotopic (exact) mass is 854 g/mol. The number of likely N-dealkylation sites (tertiary alicyclic amines) is 1. The molecule has 59 heavy (non-hydrogen) atoms. The molecule has 0 aliphatic carbocycles. The van der Waals surface area contributed by atoms with Crippen LogP contribution in [0.1, 0.15) is 88.0 Å². The van der Waals surface area contributed by atoms with Crippen molar-refractivity contribution in [2.45, 2.75) is 76.9 Å². The molecule has 0 bridgehead atoms. The van der Waals surface area contributed by atoms with E-state index >= 15 is 0 Å². The fourth-order valence-electron chi connectivity index (χ4n) is 7.96. The van der Waals surface area contributed by atoms with Crippen LogP contribution in [0.25, 0.3) is 44.7 Å². The standard InChI is InChI=1S/C25H26N4O.C22H25BrN4O2/c1-17(30)21-3-2-4-22(13-21)24-15-28-29-16-23(14-27-25(24)29)19-7-5-18(6-8-19)20-9-11-26-12-10-20;1-22(2,3)29-21(28)26-10-8-17(9-11-26)15-4-6-16(7-5-15)18-12-24-20-19(23)13-25-27(20)14-18/h2-8,13-17,20,26,30H,9-12H2,1H3;4-7,12-14,17H,8-11H2,1-3H3. The second kappa shape index (κ2) is 17.4. The number of nitrogens with zero attached hydrogens (tertiary/aromatic N) is 7. The van der Waals surface area contributed by atoms with Gasteiger partial charge in [-0.25, -0.2) is 23.8 Å². The number of carbonyl (C=O) groups is 1. The molecule has 2 saturated heterocycles. The van der Waals surface area contributed by atoms with Gasteiger partial charge < -0.3 is 20.1 Å². The van der Waals surface area contributed by atoms with Crippen LogP contribution in [0, 0.1) is 0 Å². The van der Waals surface area contributed by atoms with E-state index in [9.17, 15) is 9.90 Å². The molecule has 7 aromatic rings. The molecule has 304 valence electrons. The van der Waals surface area contributed by atoms with Gasteiger partial charge in [-0.05, 0) is 134 Å². The van der Waals surface area contributed by atoms with Crippen molar-refractivity contribution < 1.29 is 14.6 Å². The second-order valence-electron chi connectivity index (χ2n) is 16.6. The van der Waals surface area contributed by atoms with Crippen molar-refractivity contribution in [3.8, 4) is 33.4 Å². The van der Waals surface area contributed by atoms with Crippen molar-refractivity contribution in [1.29, 1.82) is 0 Å². The largest absolute Gasteiger partial charge is 0.444 e. The van der Waals surface area contributed by atoms with Crippen molar-refractivity contribution in [3.05, 3.63) is 131 Å². The summed E-state index contributed by atoms with van der Waals surface area (Å²) in [7, 11) is 0. The number of aliphatic hydroxyl groups is 1. The maximum Gasteiger partial charge on any atom is 0.410 e. The normalized spacial score (nSPS) is 15.9. The number of hydrogen-bond acceptors (Lipinski definition) is 8. The molecule has 2 fully saturated rings. The van der Waals surface area contributed by atoms with Gasteiger partial charge in [0.05, 0.1) is 23.0 Å². The summed E-state index contributed by atoms with van der Waals surface area (Å²) in [6.07, 6.45) is 15.0. The van der Waals surface area contributed by atoms with Crippen LogP contribution >= 0.6 is 15.9 Å². The maximum atomic E-state index is 12.2. The number of hydrogen-bond donors (Lipinski definition) is 2. The lowest BCUT2D eigenvalue weighted by molar-refractivity contribution is 0.0205. The molecular weight excluding hydrogens is 804 g/mol. The zero-order valence-electron chi connectivity index (χ0n) is 34.1. The highest BCUT2D eigenvalue weighted by molar-refractivity contribution is 9.10. The Morgan fingerprint density at radius 3 is 1.90 bits per heavy atom. The topological polar surface area (TPSA) is 122 Å². The van der Waals surface area contributed by atoms with Crippen LogP contribution in [0.5, 0.6) is 0 Å². The molecule has 0 radical (unpaired) electrons. The summed E-state index contributed by atoms with van der Waals surface area (Å²) in [5.74, 6) is 1.12. The van der Waals surface area contributed by atoms with Crippen LogP contribution in [0.15, 0.2) is 114 Å². The molecule has 12 heteroatoms. The summed E-state index contributed by atoms with van der Waals surface area (Å²) in [5.41, 5.74) is 11.1. The number of benzene rings is 3. The van der Waals surface area contributed by atoms with Crippen LogP contribution in [-0.4, -0.2) is 77.1 Å². The zero-order valence-corrected chi connectivity index (χ0v) is 35.6. The fourth-order valence-corrected chi connectivity index (χ4v) is 8.34. The van der Waals surface area contributed by atoms with Gasteiger partial charge in [0.1, 0.15) is 5.60 Å². The SMILES string of the molecule is CC(C)(C)OC(=O)N1CCC(c2ccc(-c3cnc4c(Br)cnn4c3)cc2)CC1.CC(O)c1cccc(-c2cnn3cc(-c4ccc(C5CCNCC5)cc4)cnc23)c1. The van der Waals surface area contributed by atoms with Crippen molar-refractivity contribution >= 4 is 33.3 Å². The summed E-state index contributed by atoms with van der Waals surface area (Å²) in [5, 5.41) is 22.2. The molecule has 0 spiro atoms. The van der Waals surface area contributed by atoms with E-state index in [0.717, 1.165) is 93.7 Å². The van der Waals surface area contributed by atoms with Crippen molar-refractivity contribution in [3.63, 3.8) is 0 Å². The zero-order chi connectivity index (χ0) is 41.1. The van der Waals surface area contributed by atoms with Crippen LogP contribution in [0.3, 0.4) is 0 Å². The Kier molecular flexibility index (Phi) is 11.9. The van der Waals surface area contributed by atoms with E-state index in [1.165, 1.54) is 24.0 Å². The first-order chi connectivity index (χ1) is 28.5. The molecule has 3 aromatic carbocycles. The summed E-state index contributed by atoms with van der Waals surface area (Å²) in [4.78, 5) is 23.3. The Balaban J connectivity index is 0.000000164. The average molecular weight is 856 g/mol. The number of fused-ring (bicyclic) bond motifs is 2. The molecule has 2 aliphatic rings. The van der Waals surface area contributed by atoms with Crippen LogP contribution in [-0.2, 0) is 4.74 Å². The summed E-state index contributed by atoms with van der Waals surface area (Å²) < 4.78 is 9.98. The summed E-state index contributed by atoms with van der Waals surface area (Å²) in [6.45, 7) is 11.2. The molecule has 1 unspecified atom stereocenters. The maximum absolute atomic E-state index is 12.2. The highest BCUT2D eigenvalue weighted by Gasteiger charge is 2.27. The predicted octanol–water partition coefficient (Wildman–Crippen LogP) is 9.86. The smallest absolute Gasteiger partial charge is 0.410 e. The van der Waals surface area contributed by atoms with Crippen molar-refractivity contribution in [2.75, 3.05) is 26.2 Å². The minimum absolute atomic E-state index is 0.209. The number of piperidine rings is 2. The number of aromatic nitrogens is 6. The average Bonchev–Trinajstić information content (AvgIpc) is 3.86. The lowest BCUT2D eigenvalue weighted by atomic mass is 9.89. The minimum Gasteiger partial charge on any atom is -0.444 e. The van der Waals surface area contributed by atoms with Gasteiger partial charge in [0, 0.05) is 54.6 Å². The molecule has 11 nitrogen and oxygen atoms in total. The lowest BCUT2D eigenvalue weighted by Crippen LogP contribution is -2.41. The van der Waals surface area contributed by atoms with E-state index in [1.807, 2.05) is 85.4 Å². The van der Waals surface area contributed by atoms with Gasteiger partial charge in [0.25, 0.3) is 0 Å². The predicted molar refractivity (Wildman–Crippen MR) is 235 cm³/mol. The van der Waals surface area contributed by atoms with Gasteiger partial charge >= 0.3 is 6.09 Å². The summed E-state index contributed by atoms with van der Waals surface area (Å²) in [6, 6.07) is 25.4. The number of halogens is 1. The first-order valence-corrected chi connectivity index (χ1v) is 21.3. The number of rotatable bonds is 6. The first kappa shape index (κ1) is 40.4. The van der Waals surface area contributed by atoms with Crippen LogP contribution < -0.4 is 5.32 Å². The van der Waals surface area contributed by atoms with E-state index in [4.69, 9.17) is 9.72 Å². The molecule has 4 aromatic heterocycles. The number of aliphatic hydroxyl groups excluding tert-OH is 1. The van der Waals surface area contributed by atoms with Crippen molar-refractivity contribution in [1.82, 2.24) is 39.4 Å². The van der Waals surface area contributed by atoms with E-state index in [1.54, 1.807) is 17.6 Å².